The molecule has 0 spiro atoms. The molecule has 6 nitrogen and oxygen atoms in total. The molecule has 6 rings (SSSR count). The number of aromatic nitrogens is 2. The molecule has 0 saturated heterocycles. The molecule has 4 aliphatic rings. The summed E-state index contributed by atoms with van der Waals surface area (Å²) in [5, 5.41) is 15.3. The number of nitrogens with one attached hydrogen (secondary N) is 2. The molecule has 4 saturated carbocycles. The average Bonchev–Trinajstić information content (AvgIpc) is 2.97. The molecule has 2 heterocycles. The molecule has 5 N–H and O–H groups in total. The number of hydrogen-bond donors (Lipinski definition) is 4. The van der Waals surface area contributed by atoms with Gasteiger partial charge in [0.05, 0.1) is 16.9 Å². The fourth-order valence-corrected chi connectivity index (χ4v) is 5.73. The predicted molar refractivity (Wildman–Crippen MR) is 97.8 cm³/mol. The van der Waals surface area contributed by atoms with Crippen molar-refractivity contribution in [3.05, 3.63) is 24.0 Å². The number of nitrogens with two attached hydrogens (primary N) is 1. The van der Waals surface area contributed by atoms with E-state index in [2.05, 4.69) is 15.3 Å². The zero-order chi connectivity index (χ0) is 16.5. The molecule has 2 aromatic rings. The maximum Gasteiger partial charge on any atom is 0.252 e. The fourth-order valence-electron chi connectivity index (χ4n) is 5.73. The number of amides is 1. The largest absolute Gasteiger partial charge is 0.390 e. The first-order valence-electron chi connectivity index (χ1n) is 8.77. The Labute approximate surface area is 152 Å². The van der Waals surface area contributed by atoms with Crippen LogP contribution in [0.3, 0.4) is 0 Å². The van der Waals surface area contributed by atoms with Crippen molar-refractivity contribution in [1.82, 2.24) is 9.97 Å². The van der Waals surface area contributed by atoms with Crippen molar-refractivity contribution in [2.75, 3.05) is 5.32 Å². The number of rotatable bonds is 3. The molecule has 4 bridgehead atoms. The first kappa shape index (κ1) is 16.7. The number of nitrogens with zero attached hydrogens (tertiary/aromatic N) is 1. The fraction of sp³-hybridized carbons (Fsp3) is 0.556. The summed E-state index contributed by atoms with van der Waals surface area (Å²) in [4.78, 5) is 19.3. The number of primary amides is 1. The van der Waals surface area contributed by atoms with Crippen LogP contribution in [-0.4, -0.2) is 32.6 Å². The molecule has 134 valence electrons. The van der Waals surface area contributed by atoms with Crippen molar-refractivity contribution in [3.8, 4) is 0 Å². The number of pyridine rings is 1. The topological polar surface area (TPSA) is 104 Å². The standard InChI is InChI=1S/C18H22N4O2.ClH/c19-16(23)13-8-21-17-12(1-2-20-17)15(13)22-14-10-3-9-4-11(14)7-18(24,5-9)6-10;/h1-2,8-11,14,24H,3-7H2,(H2,19,23)(H2,20,21,22);1H/t9?,10-,11-,14?,18?;/m0./s1. The van der Waals surface area contributed by atoms with Gasteiger partial charge in [0.2, 0.25) is 0 Å². The van der Waals surface area contributed by atoms with Crippen molar-refractivity contribution in [2.45, 2.75) is 43.7 Å². The highest BCUT2D eigenvalue weighted by atomic mass is 35.5. The molecule has 25 heavy (non-hydrogen) atoms. The third kappa shape index (κ3) is 2.50. The number of aromatic amines is 1. The monoisotopic (exact) mass is 362 g/mol. The van der Waals surface area contributed by atoms with E-state index in [1.54, 1.807) is 6.20 Å². The van der Waals surface area contributed by atoms with Crippen LogP contribution in [0.25, 0.3) is 11.0 Å². The van der Waals surface area contributed by atoms with Gasteiger partial charge in [-0.15, -0.1) is 12.4 Å². The van der Waals surface area contributed by atoms with Crippen LogP contribution < -0.4 is 11.1 Å². The Balaban J connectivity index is 0.00000157. The summed E-state index contributed by atoms with van der Waals surface area (Å²) in [6.07, 6.45) is 8.42. The van der Waals surface area contributed by atoms with Crippen LogP contribution in [0.2, 0.25) is 0 Å². The van der Waals surface area contributed by atoms with Crippen LogP contribution in [0.4, 0.5) is 5.69 Å². The van der Waals surface area contributed by atoms with E-state index in [0.29, 0.717) is 29.4 Å². The molecular formula is C18H23ClN4O2. The third-order valence-electron chi connectivity index (χ3n) is 6.40. The molecule has 2 atom stereocenters. The number of H-pyrrole nitrogens is 1. The van der Waals surface area contributed by atoms with Crippen LogP contribution in [0.5, 0.6) is 0 Å². The summed E-state index contributed by atoms with van der Waals surface area (Å²) < 4.78 is 0. The lowest BCUT2D eigenvalue weighted by Gasteiger charge is -2.58. The Bertz CT molecular complexity index is 820. The van der Waals surface area contributed by atoms with Gasteiger partial charge in [0, 0.05) is 23.8 Å². The highest BCUT2D eigenvalue weighted by molar-refractivity contribution is 6.06. The lowest BCUT2D eigenvalue weighted by Crippen LogP contribution is -2.59. The maximum absolute atomic E-state index is 11.9. The second kappa shape index (κ2) is 5.61. The van der Waals surface area contributed by atoms with Gasteiger partial charge in [0.15, 0.2) is 0 Å². The number of anilines is 1. The summed E-state index contributed by atoms with van der Waals surface area (Å²) >= 11 is 0. The number of halogens is 1. The molecule has 1 amide bonds. The molecular weight excluding hydrogens is 340 g/mol. The zero-order valence-corrected chi connectivity index (χ0v) is 14.7. The van der Waals surface area contributed by atoms with Gasteiger partial charge in [0.1, 0.15) is 5.65 Å². The van der Waals surface area contributed by atoms with Gasteiger partial charge in [-0.2, -0.15) is 0 Å². The normalized spacial score (nSPS) is 35.6. The minimum Gasteiger partial charge on any atom is -0.390 e. The highest BCUT2D eigenvalue weighted by Gasteiger charge is 2.54. The average molecular weight is 363 g/mol. The second-order valence-electron chi connectivity index (χ2n) is 8.02. The number of carbonyl (C=O) groups excluding carboxylic acids is 1. The Morgan fingerprint density at radius 3 is 2.68 bits per heavy atom. The lowest BCUT2D eigenvalue weighted by atomic mass is 9.52. The minimum absolute atomic E-state index is 0. The Morgan fingerprint density at radius 2 is 2.04 bits per heavy atom. The van der Waals surface area contributed by atoms with Gasteiger partial charge < -0.3 is 21.1 Å². The van der Waals surface area contributed by atoms with E-state index in [0.717, 1.165) is 36.0 Å². The summed E-state index contributed by atoms with van der Waals surface area (Å²) in [6, 6.07) is 2.22. The van der Waals surface area contributed by atoms with Crippen LogP contribution >= 0.6 is 12.4 Å². The molecule has 0 aliphatic heterocycles. The van der Waals surface area contributed by atoms with Crippen LogP contribution in [0.15, 0.2) is 18.5 Å². The van der Waals surface area contributed by atoms with E-state index < -0.39 is 11.5 Å². The molecule has 0 aromatic carbocycles. The van der Waals surface area contributed by atoms with Crippen molar-refractivity contribution in [1.29, 1.82) is 0 Å². The molecule has 0 radical (unpaired) electrons. The summed E-state index contributed by atoms with van der Waals surface area (Å²) in [5.41, 5.74) is 7.10. The molecule has 7 heteroatoms. The predicted octanol–water partition coefficient (Wildman–Crippen LogP) is 2.44. The first-order valence-corrected chi connectivity index (χ1v) is 8.77. The Kier molecular flexibility index (Phi) is 3.74. The number of carbonyl (C=O) groups is 1. The van der Waals surface area contributed by atoms with E-state index in [-0.39, 0.29) is 12.4 Å². The molecule has 0 unspecified atom stereocenters. The zero-order valence-electron chi connectivity index (χ0n) is 13.9. The third-order valence-corrected chi connectivity index (χ3v) is 6.40. The van der Waals surface area contributed by atoms with Crippen molar-refractivity contribution >= 4 is 35.0 Å². The van der Waals surface area contributed by atoms with Crippen molar-refractivity contribution in [2.24, 2.45) is 23.5 Å². The van der Waals surface area contributed by atoms with Gasteiger partial charge in [-0.05, 0) is 55.9 Å². The van der Waals surface area contributed by atoms with Crippen molar-refractivity contribution in [3.63, 3.8) is 0 Å². The first-order chi connectivity index (χ1) is 11.5. The Morgan fingerprint density at radius 1 is 1.32 bits per heavy atom. The number of aliphatic hydroxyl groups is 1. The van der Waals surface area contributed by atoms with Gasteiger partial charge in [-0.1, -0.05) is 0 Å². The quantitative estimate of drug-likeness (QED) is 0.673. The molecule has 4 fully saturated rings. The lowest BCUT2D eigenvalue weighted by molar-refractivity contribution is -0.129. The van der Waals surface area contributed by atoms with E-state index in [1.165, 1.54) is 12.8 Å². The van der Waals surface area contributed by atoms with Gasteiger partial charge in [-0.3, -0.25) is 4.79 Å². The highest BCUT2D eigenvalue weighted by Crippen LogP contribution is 2.56. The van der Waals surface area contributed by atoms with Gasteiger partial charge >= 0.3 is 0 Å². The van der Waals surface area contributed by atoms with Crippen LogP contribution in [-0.2, 0) is 0 Å². The Hall–Kier alpha value is -1.79. The van der Waals surface area contributed by atoms with Crippen LogP contribution in [0.1, 0.15) is 42.5 Å². The van der Waals surface area contributed by atoms with E-state index in [4.69, 9.17) is 5.73 Å². The smallest absolute Gasteiger partial charge is 0.252 e. The number of hydrogen-bond acceptors (Lipinski definition) is 4. The van der Waals surface area contributed by atoms with Gasteiger partial charge in [0.25, 0.3) is 5.91 Å². The van der Waals surface area contributed by atoms with E-state index in [9.17, 15) is 9.90 Å². The summed E-state index contributed by atoms with van der Waals surface area (Å²) in [6.45, 7) is 0. The molecule has 2 aromatic heterocycles. The van der Waals surface area contributed by atoms with Gasteiger partial charge in [-0.25, -0.2) is 4.98 Å². The summed E-state index contributed by atoms with van der Waals surface area (Å²) in [5.74, 6) is 1.12. The van der Waals surface area contributed by atoms with E-state index in [1.807, 2.05) is 12.3 Å². The second-order valence-corrected chi connectivity index (χ2v) is 8.02. The summed E-state index contributed by atoms with van der Waals surface area (Å²) in [7, 11) is 0. The number of fused-ring (bicyclic) bond motifs is 1. The van der Waals surface area contributed by atoms with E-state index >= 15 is 0 Å². The van der Waals surface area contributed by atoms with Crippen LogP contribution in [0, 0.1) is 17.8 Å². The van der Waals surface area contributed by atoms with Crippen molar-refractivity contribution < 1.29 is 9.90 Å². The maximum atomic E-state index is 11.9. The molecule has 4 aliphatic carbocycles. The minimum atomic E-state index is -0.462. The SMILES string of the molecule is Cl.NC(=O)c1cnc2[nH]ccc2c1NC1[C@H]2CC3C[C@H]1CC(O)(C3)C2.